The molecule has 1 aromatic heterocycles. The fraction of sp³-hybridized carbons (Fsp3) is 0.273. The summed E-state index contributed by atoms with van der Waals surface area (Å²) in [6.07, 6.45) is 1.76. The van der Waals surface area contributed by atoms with Gasteiger partial charge >= 0.3 is 0 Å². The number of hydroxylamine groups is 1. The van der Waals surface area contributed by atoms with Crippen LogP contribution in [0.15, 0.2) is 30.5 Å². The molecule has 0 saturated heterocycles. The summed E-state index contributed by atoms with van der Waals surface area (Å²) >= 11 is 0. The Labute approximate surface area is 88.3 Å². The van der Waals surface area contributed by atoms with Crippen molar-refractivity contribution >= 4 is 11.0 Å². The van der Waals surface area contributed by atoms with E-state index in [4.69, 9.17) is 4.84 Å². The minimum Gasteiger partial charge on any atom is -0.302 e. The van der Waals surface area contributed by atoms with Crippen molar-refractivity contribution in [3.8, 4) is 0 Å². The summed E-state index contributed by atoms with van der Waals surface area (Å²) in [6, 6.07) is 7.81. The van der Waals surface area contributed by atoms with E-state index in [0.29, 0.717) is 13.2 Å². The van der Waals surface area contributed by atoms with Crippen molar-refractivity contribution in [3.05, 3.63) is 36.2 Å². The standard InChI is InChI=1S/C11H13N3O/c1-2-15-13-8-9-7-12-10-5-3-4-6-11(10)14-9/h3-7,13H,2,8H2,1H3. The van der Waals surface area contributed by atoms with Gasteiger partial charge in [-0.2, -0.15) is 5.48 Å². The minimum atomic E-state index is 0.575. The number of nitrogens with zero attached hydrogens (tertiary/aromatic N) is 2. The second-order valence-corrected chi connectivity index (χ2v) is 3.10. The monoisotopic (exact) mass is 203 g/mol. The number of rotatable bonds is 4. The molecule has 0 spiro atoms. The molecule has 0 aliphatic heterocycles. The summed E-state index contributed by atoms with van der Waals surface area (Å²) < 4.78 is 0. The molecule has 1 aromatic carbocycles. The van der Waals surface area contributed by atoms with Crippen LogP contribution in [0.25, 0.3) is 11.0 Å². The van der Waals surface area contributed by atoms with Gasteiger partial charge in [-0.05, 0) is 19.1 Å². The lowest BCUT2D eigenvalue weighted by Gasteiger charge is -2.03. The van der Waals surface area contributed by atoms with Crippen molar-refractivity contribution < 1.29 is 4.84 Å². The average Bonchev–Trinajstić information content (AvgIpc) is 2.29. The topological polar surface area (TPSA) is 47.0 Å². The molecule has 1 N–H and O–H groups in total. The molecule has 2 aromatic rings. The Kier molecular flexibility index (Phi) is 3.22. The van der Waals surface area contributed by atoms with Crippen LogP contribution >= 0.6 is 0 Å². The van der Waals surface area contributed by atoms with Gasteiger partial charge in [-0.1, -0.05) is 12.1 Å². The lowest BCUT2D eigenvalue weighted by atomic mass is 10.3. The first-order chi connectivity index (χ1) is 7.40. The maximum Gasteiger partial charge on any atom is 0.0890 e. The van der Waals surface area contributed by atoms with Gasteiger partial charge in [-0.25, -0.2) is 4.98 Å². The van der Waals surface area contributed by atoms with Crippen LogP contribution in [0.3, 0.4) is 0 Å². The number of nitrogens with one attached hydrogen (secondary N) is 1. The van der Waals surface area contributed by atoms with E-state index in [1.807, 2.05) is 31.2 Å². The van der Waals surface area contributed by atoms with Crippen LogP contribution in [-0.2, 0) is 11.4 Å². The predicted molar refractivity (Wildman–Crippen MR) is 58.0 cm³/mol. The zero-order chi connectivity index (χ0) is 10.5. The van der Waals surface area contributed by atoms with Crippen LogP contribution in [0.5, 0.6) is 0 Å². The molecule has 4 heteroatoms. The zero-order valence-corrected chi connectivity index (χ0v) is 8.60. The van der Waals surface area contributed by atoms with Crippen LogP contribution in [0.1, 0.15) is 12.6 Å². The molecule has 78 valence electrons. The van der Waals surface area contributed by atoms with Gasteiger partial charge in [0.2, 0.25) is 0 Å². The van der Waals surface area contributed by atoms with E-state index in [1.54, 1.807) is 6.20 Å². The predicted octanol–water partition coefficient (Wildman–Crippen LogP) is 1.67. The fourth-order valence-electron chi connectivity index (χ4n) is 1.31. The zero-order valence-electron chi connectivity index (χ0n) is 8.60. The summed E-state index contributed by atoms with van der Waals surface area (Å²) in [5, 5.41) is 0. The van der Waals surface area contributed by atoms with Crippen molar-refractivity contribution in [2.75, 3.05) is 6.61 Å². The second-order valence-electron chi connectivity index (χ2n) is 3.10. The molecule has 0 fully saturated rings. The molecule has 0 unspecified atom stereocenters. The SMILES string of the molecule is CCONCc1cnc2ccccc2n1. The van der Waals surface area contributed by atoms with Crippen molar-refractivity contribution in [1.82, 2.24) is 15.4 Å². The van der Waals surface area contributed by atoms with Crippen molar-refractivity contribution in [2.24, 2.45) is 0 Å². The molecule has 15 heavy (non-hydrogen) atoms. The van der Waals surface area contributed by atoms with Gasteiger partial charge in [0.05, 0.1) is 36.1 Å². The maximum absolute atomic E-state index is 5.03. The van der Waals surface area contributed by atoms with Crippen LogP contribution in [0.2, 0.25) is 0 Å². The summed E-state index contributed by atoms with van der Waals surface area (Å²) in [7, 11) is 0. The second kappa shape index (κ2) is 4.82. The van der Waals surface area contributed by atoms with Gasteiger partial charge < -0.3 is 4.84 Å². The largest absolute Gasteiger partial charge is 0.302 e. The summed E-state index contributed by atoms with van der Waals surface area (Å²) in [5.74, 6) is 0. The van der Waals surface area contributed by atoms with Crippen LogP contribution in [0, 0.1) is 0 Å². The van der Waals surface area contributed by atoms with E-state index >= 15 is 0 Å². The van der Waals surface area contributed by atoms with Gasteiger partial charge in [0.15, 0.2) is 0 Å². The van der Waals surface area contributed by atoms with Gasteiger partial charge in [-0.15, -0.1) is 0 Å². The Morgan fingerprint density at radius 1 is 1.27 bits per heavy atom. The average molecular weight is 203 g/mol. The van der Waals surface area contributed by atoms with Gasteiger partial charge in [-0.3, -0.25) is 4.98 Å². The van der Waals surface area contributed by atoms with E-state index in [9.17, 15) is 0 Å². The molecule has 2 rings (SSSR count). The molecule has 0 bridgehead atoms. The lowest BCUT2D eigenvalue weighted by Crippen LogP contribution is -2.14. The molecule has 0 aliphatic carbocycles. The molecule has 0 amide bonds. The van der Waals surface area contributed by atoms with E-state index in [0.717, 1.165) is 16.7 Å². The molecular weight excluding hydrogens is 190 g/mol. The highest BCUT2D eigenvalue weighted by Crippen LogP contribution is 2.07. The van der Waals surface area contributed by atoms with E-state index in [-0.39, 0.29) is 0 Å². The highest BCUT2D eigenvalue weighted by Gasteiger charge is 1.98. The third kappa shape index (κ3) is 2.49. The van der Waals surface area contributed by atoms with Crippen molar-refractivity contribution in [2.45, 2.75) is 13.5 Å². The number of hydrogen-bond donors (Lipinski definition) is 1. The number of benzene rings is 1. The smallest absolute Gasteiger partial charge is 0.0890 e. The molecule has 0 radical (unpaired) electrons. The molecule has 0 saturated carbocycles. The third-order valence-electron chi connectivity index (χ3n) is 2.00. The highest BCUT2D eigenvalue weighted by molar-refractivity contribution is 5.73. The number of para-hydroxylation sites is 2. The third-order valence-corrected chi connectivity index (χ3v) is 2.00. The minimum absolute atomic E-state index is 0.575. The lowest BCUT2D eigenvalue weighted by molar-refractivity contribution is 0.0456. The normalized spacial score (nSPS) is 10.7. The van der Waals surface area contributed by atoms with Crippen LogP contribution in [0.4, 0.5) is 0 Å². The van der Waals surface area contributed by atoms with Gasteiger partial charge in [0.25, 0.3) is 0 Å². The number of hydrogen-bond acceptors (Lipinski definition) is 4. The highest BCUT2D eigenvalue weighted by atomic mass is 16.6. The van der Waals surface area contributed by atoms with Crippen LogP contribution in [-0.4, -0.2) is 16.6 Å². The Balaban J connectivity index is 2.16. The Morgan fingerprint density at radius 3 is 2.87 bits per heavy atom. The van der Waals surface area contributed by atoms with E-state index in [1.165, 1.54) is 0 Å². The molecule has 0 aliphatic rings. The van der Waals surface area contributed by atoms with Crippen molar-refractivity contribution in [3.63, 3.8) is 0 Å². The first-order valence-electron chi connectivity index (χ1n) is 4.95. The molecule has 0 atom stereocenters. The number of aromatic nitrogens is 2. The Bertz CT molecular complexity index is 445. The summed E-state index contributed by atoms with van der Waals surface area (Å²) in [6.45, 7) is 3.14. The fourth-order valence-corrected chi connectivity index (χ4v) is 1.31. The van der Waals surface area contributed by atoms with Gasteiger partial charge in [0.1, 0.15) is 0 Å². The number of fused-ring (bicyclic) bond motifs is 1. The first-order valence-corrected chi connectivity index (χ1v) is 4.95. The summed E-state index contributed by atoms with van der Waals surface area (Å²) in [4.78, 5) is 13.8. The Morgan fingerprint density at radius 2 is 2.07 bits per heavy atom. The molecule has 4 nitrogen and oxygen atoms in total. The van der Waals surface area contributed by atoms with Gasteiger partial charge in [0, 0.05) is 0 Å². The Hall–Kier alpha value is -1.52. The van der Waals surface area contributed by atoms with E-state index < -0.39 is 0 Å². The first kappa shape index (κ1) is 10.0. The quantitative estimate of drug-likeness (QED) is 0.606. The van der Waals surface area contributed by atoms with Crippen LogP contribution < -0.4 is 5.48 Å². The summed E-state index contributed by atoms with van der Waals surface area (Å²) in [5.41, 5.74) is 5.52. The molecular formula is C11H13N3O. The maximum atomic E-state index is 5.03. The van der Waals surface area contributed by atoms with E-state index in [2.05, 4.69) is 15.4 Å². The van der Waals surface area contributed by atoms with Crippen molar-refractivity contribution in [1.29, 1.82) is 0 Å². The molecule has 1 heterocycles.